The van der Waals surface area contributed by atoms with Gasteiger partial charge in [0.1, 0.15) is 0 Å². The van der Waals surface area contributed by atoms with E-state index in [0.717, 1.165) is 32.2 Å². The van der Waals surface area contributed by atoms with E-state index in [1.807, 2.05) is 5.01 Å². The summed E-state index contributed by atoms with van der Waals surface area (Å²) in [7, 11) is 0. The van der Waals surface area contributed by atoms with E-state index in [-0.39, 0.29) is 17.8 Å². The molecule has 0 bridgehead atoms. The minimum atomic E-state index is -0.288. The van der Waals surface area contributed by atoms with Crippen LogP contribution in [0, 0.1) is 0 Å². The first-order chi connectivity index (χ1) is 10.1. The second-order valence-corrected chi connectivity index (χ2v) is 6.08. The van der Waals surface area contributed by atoms with Gasteiger partial charge in [-0.2, -0.15) is 4.98 Å². The Morgan fingerprint density at radius 3 is 2.71 bits per heavy atom. The van der Waals surface area contributed by atoms with Crippen molar-refractivity contribution >= 4 is 5.91 Å². The Bertz CT molecular complexity index is 487. The number of aromatic nitrogens is 2. The summed E-state index contributed by atoms with van der Waals surface area (Å²) in [6, 6.07) is 0.757. The highest BCUT2D eigenvalue weighted by Crippen LogP contribution is 2.22. The van der Waals surface area contributed by atoms with Crippen LogP contribution in [0.15, 0.2) is 4.52 Å². The molecule has 1 amide bonds. The Kier molecular flexibility index (Phi) is 4.21. The predicted octanol–water partition coefficient (Wildman–Crippen LogP) is 1.40. The van der Waals surface area contributed by atoms with Crippen LogP contribution in [0.1, 0.15) is 68.5 Å². The van der Waals surface area contributed by atoms with Crippen molar-refractivity contribution < 1.29 is 9.32 Å². The lowest BCUT2D eigenvalue weighted by atomic mass is 10.00. The fourth-order valence-electron chi connectivity index (χ4n) is 3.17. The van der Waals surface area contributed by atoms with Gasteiger partial charge in [0.25, 0.3) is 5.82 Å². The minimum absolute atomic E-state index is 0.0897. The molecule has 1 aromatic heterocycles. The number of nitrogens with zero attached hydrogens (tertiary/aromatic N) is 3. The Balaban J connectivity index is 1.64. The maximum atomic E-state index is 12.3. The van der Waals surface area contributed by atoms with Gasteiger partial charge in [0.15, 0.2) is 0 Å². The fraction of sp³-hybridized carbons (Fsp3) is 0.786. The first-order valence-electron chi connectivity index (χ1n) is 7.81. The molecule has 1 aromatic rings. The van der Waals surface area contributed by atoms with Gasteiger partial charge in [0, 0.05) is 12.1 Å². The Morgan fingerprint density at radius 1 is 1.29 bits per heavy atom. The maximum Gasteiger partial charge on any atom is 0.306 e. The van der Waals surface area contributed by atoms with Crippen molar-refractivity contribution in [1.82, 2.24) is 25.9 Å². The van der Waals surface area contributed by atoms with E-state index < -0.39 is 0 Å². The smallest absolute Gasteiger partial charge is 0.306 e. The maximum absolute atomic E-state index is 12.3. The normalized spacial score (nSPS) is 30.5. The molecule has 7 heteroatoms. The van der Waals surface area contributed by atoms with Crippen molar-refractivity contribution in [3.8, 4) is 0 Å². The van der Waals surface area contributed by atoms with Crippen LogP contribution in [0.2, 0.25) is 0 Å². The molecule has 3 rings (SSSR count). The molecule has 21 heavy (non-hydrogen) atoms. The molecule has 3 unspecified atom stereocenters. The third-order valence-electron chi connectivity index (χ3n) is 4.43. The molecule has 0 aromatic carbocycles. The molecule has 116 valence electrons. The number of carbonyl (C=O) groups excluding carboxylic acids is 1. The summed E-state index contributed by atoms with van der Waals surface area (Å²) >= 11 is 0. The van der Waals surface area contributed by atoms with E-state index in [2.05, 4.69) is 34.7 Å². The molecule has 0 aliphatic carbocycles. The molecule has 0 radical (unpaired) electrons. The molecule has 0 saturated carbocycles. The number of carbonyl (C=O) groups is 1. The molecule has 2 saturated heterocycles. The SMILES string of the molecule is CC1CCCC(C)N1NC(=O)c1noc(C2CCCN2)n1. The van der Waals surface area contributed by atoms with Crippen LogP contribution in [0.4, 0.5) is 0 Å². The lowest BCUT2D eigenvalue weighted by Gasteiger charge is -2.38. The van der Waals surface area contributed by atoms with Gasteiger partial charge in [-0.3, -0.25) is 10.2 Å². The van der Waals surface area contributed by atoms with Gasteiger partial charge < -0.3 is 9.84 Å². The van der Waals surface area contributed by atoms with Crippen molar-refractivity contribution in [3.63, 3.8) is 0 Å². The van der Waals surface area contributed by atoms with Gasteiger partial charge in [0.2, 0.25) is 5.89 Å². The van der Waals surface area contributed by atoms with E-state index >= 15 is 0 Å². The standard InChI is InChI=1S/C14H23N5O2/c1-9-5-3-6-10(2)19(9)17-13(20)12-16-14(21-18-12)11-7-4-8-15-11/h9-11,15H,3-8H2,1-2H3,(H,17,20). The Hall–Kier alpha value is -1.47. The predicted molar refractivity (Wildman–Crippen MR) is 76.4 cm³/mol. The number of hydrazine groups is 1. The highest BCUT2D eigenvalue weighted by atomic mass is 16.5. The summed E-state index contributed by atoms with van der Waals surface area (Å²) in [6.45, 7) is 5.21. The summed E-state index contributed by atoms with van der Waals surface area (Å²) in [4.78, 5) is 16.5. The second kappa shape index (κ2) is 6.11. The van der Waals surface area contributed by atoms with Crippen molar-refractivity contribution in [3.05, 3.63) is 11.7 Å². The number of hydrogen-bond acceptors (Lipinski definition) is 6. The lowest BCUT2D eigenvalue weighted by Crippen LogP contribution is -2.54. The largest absolute Gasteiger partial charge is 0.337 e. The summed E-state index contributed by atoms with van der Waals surface area (Å²) in [5, 5.41) is 9.10. The van der Waals surface area contributed by atoms with Crippen molar-refractivity contribution in [2.24, 2.45) is 0 Å². The average molecular weight is 293 g/mol. The van der Waals surface area contributed by atoms with Crippen LogP contribution in [-0.4, -0.2) is 39.7 Å². The molecule has 2 N–H and O–H groups in total. The van der Waals surface area contributed by atoms with E-state index in [1.165, 1.54) is 6.42 Å². The molecular weight excluding hydrogens is 270 g/mol. The number of hydrogen-bond donors (Lipinski definition) is 2. The fourth-order valence-corrected chi connectivity index (χ4v) is 3.17. The van der Waals surface area contributed by atoms with Crippen LogP contribution in [0.3, 0.4) is 0 Å². The molecule has 0 spiro atoms. The van der Waals surface area contributed by atoms with Crippen LogP contribution >= 0.6 is 0 Å². The summed E-state index contributed by atoms with van der Waals surface area (Å²) in [5.74, 6) is 0.338. The molecule has 3 heterocycles. The number of rotatable bonds is 3. The number of nitrogens with one attached hydrogen (secondary N) is 2. The zero-order valence-electron chi connectivity index (χ0n) is 12.6. The van der Waals surface area contributed by atoms with Crippen LogP contribution in [0.25, 0.3) is 0 Å². The van der Waals surface area contributed by atoms with Gasteiger partial charge >= 0.3 is 5.91 Å². The molecule has 2 fully saturated rings. The van der Waals surface area contributed by atoms with E-state index in [1.54, 1.807) is 0 Å². The quantitative estimate of drug-likeness (QED) is 0.876. The molecule has 7 nitrogen and oxygen atoms in total. The molecule has 3 atom stereocenters. The van der Waals surface area contributed by atoms with Crippen LogP contribution in [0.5, 0.6) is 0 Å². The highest BCUT2D eigenvalue weighted by molar-refractivity contribution is 5.89. The first kappa shape index (κ1) is 14.5. The third kappa shape index (κ3) is 3.08. The van der Waals surface area contributed by atoms with Crippen molar-refractivity contribution in [2.75, 3.05) is 6.54 Å². The first-order valence-corrected chi connectivity index (χ1v) is 7.81. The monoisotopic (exact) mass is 293 g/mol. The van der Waals surface area contributed by atoms with Gasteiger partial charge in [-0.25, -0.2) is 5.01 Å². The average Bonchev–Trinajstić information content (AvgIpc) is 3.12. The molecule has 2 aliphatic rings. The number of amides is 1. The minimum Gasteiger partial charge on any atom is -0.337 e. The topological polar surface area (TPSA) is 83.3 Å². The summed E-state index contributed by atoms with van der Waals surface area (Å²) in [6.07, 6.45) is 5.46. The van der Waals surface area contributed by atoms with Crippen molar-refractivity contribution in [1.29, 1.82) is 0 Å². The third-order valence-corrected chi connectivity index (χ3v) is 4.43. The van der Waals surface area contributed by atoms with Gasteiger partial charge in [-0.05, 0) is 46.1 Å². The van der Waals surface area contributed by atoms with Crippen molar-refractivity contribution in [2.45, 2.75) is 64.1 Å². The zero-order valence-corrected chi connectivity index (χ0v) is 12.6. The Morgan fingerprint density at radius 2 is 2.05 bits per heavy atom. The van der Waals surface area contributed by atoms with E-state index in [0.29, 0.717) is 18.0 Å². The van der Waals surface area contributed by atoms with Crippen LogP contribution in [-0.2, 0) is 0 Å². The van der Waals surface area contributed by atoms with E-state index in [4.69, 9.17) is 4.52 Å². The number of piperidine rings is 1. The van der Waals surface area contributed by atoms with E-state index in [9.17, 15) is 4.79 Å². The summed E-state index contributed by atoms with van der Waals surface area (Å²) in [5.41, 5.74) is 2.93. The van der Waals surface area contributed by atoms with Gasteiger partial charge in [-0.15, -0.1) is 0 Å². The molecular formula is C14H23N5O2. The Labute approximate surface area is 124 Å². The van der Waals surface area contributed by atoms with Crippen LogP contribution < -0.4 is 10.7 Å². The molecule has 2 aliphatic heterocycles. The summed E-state index contributed by atoms with van der Waals surface area (Å²) < 4.78 is 5.21. The lowest BCUT2D eigenvalue weighted by molar-refractivity contribution is 0.0360. The van der Waals surface area contributed by atoms with Gasteiger partial charge in [-0.1, -0.05) is 11.6 Å². The van der Waals surface area contributed by atoms with Gasteiger partial charge in [0.05, 0.1) is 6.04 Å². The highest BCUT2D eigenvalue weighted by Gasteiger charge is 2.29. The zero-order chi connectivity index (χ0) is 14.8. The second-order valence-electron chi connectivity index (χ2n) is 6.08.